The molecular formula is C12H14FN3. The van der Waals surface area contributed by atoms with Crippen molar-refractivity contribution >= 4 is 0 Å². The molecule has 0 aliphatic rings. The normalized spacial score (nSPS) is 11.6. The van der Waals surface area contributed by atoms with Gasteiger partial charge in [-0.3, -0.25) is 0 Å². The highest BCUT2D eigenvalue weighted by Gasteiger charge is 2.07. The van der Waals surface area contributed by atoms with Crippen LogP contribution < -0.4 is 0 Å². The summed E-state index contributed by atoms with van der Waals surface area (Å²) >= 11 is 0. The van der Waals surface area contributed by atoms with Gasteiger partial charge in [0.05, 0.1) is 0 Å². The van der Waals surface area contributed by atoms with Crippen molar-refractivity contribution in [3.63, 3.8) is 0 Å². The summed E-state index contributed by atoms with van der Waals surface area (Å²) in [6.07, 6.45) is 1.26. The minimum absolute atomic E-state index is 0.145. The van der Waals surface area contributed by atoms with Crippen LogP contribution in [-0.2, 0) is 6.42 Å². The zero-order valence-corrected chi connectivity index (χ0v) is 9.23. The van der Waals surface area contributed by atoms with Crippen LogP contribution in [0.1, 0.15) is 18.9 Å². The van der Waals surface area contributed by atoms with Crippen molar-refractivity contribution in [2.75, 3.05) is 0 Å². The van der Waals surface area contributed by atoms with Gasteiger partial charge in [0.1, 0.15) is 5.82 Å². The van der Waals surface area contributed by atoms with Gasteiger partial charge in [-0.25, -0.2) is 4.39 Å². The van der Waals surface area contributed by atoms with Crippen molar-refractivity contribution in [1.82, 2.24) is 0 Å². The quantitative estimate of drug-likeness (QED) is 0.311. The standard InChI is InChI=1S/C12H14FN3/c1-9(2)7-12(15-16-14)8-10-3-5-11(13)6-4-10/h3-6,12H,1,7-8H2,2H3. The Labute approximate surface area is 94.2 Å². The molecule has 0 N–H and O–H groups in total. The molecule has 0 fully saturated rings. The Morgan fingerprint density at radius 1 is 1.50 bits per heavy atom. The van der Waals surface area contributed by atoms with E-state index in [0.717, 1.165) is 11.1 Å². The summed E-state index contributed by atoms with van der Waals surface area (Å²) < 4.78 is 12.7. The third-order valence-corrected chi connectivity index (χ3v) is 2.18. The Balaban J connectivity index is 2.71. The van der Waals surface area contributed by atoms with E-state index in [-0.39, 0.29) is 11.9 Å². The number of halogens is 1. The van der Waals surface area contributed by atoms with E-state index < -0.39 is 0 Å². The highest BCUT2D eigenvalue weighted by atomic mass is 19.1. The molecule has 0 aliphatic heterocycles. The van der Waals surface area contributed by atoms with Crippen molar-refractivity contribution < 1.29 is 4.39 Å². The lowest BCUT2D eigenvalue weighted by molar-refractivity contribution is 0.623. The van der Waals surface area contributed by atoms with Crippen LogP contribution in [0, 0.1) is 5.82 Å². The van der Waals surface area contributed by atoms with Crippen molar-refractivity contribution in [1.29, 1.82) is 0 Å². The molecular weight excluding hydrogens is 205 g/mol. The third kappa shape index (κ3) is 4.15. The molecule has 1 aromatic carbocycles. The lowest BCUT2D eigenvalue weighted by Crippen LogP contribution is -2.08. The number of hydrogen-bond donors (Lipinski definition) is 0. The summed E-state index contributed by atoms with van der Waals surface area (Å²) in [6.45, 7) is 5.68. The van der Waals surface area contributed by atoms with Gasteiger partial charge in [-0.2, -0.15) is 0 Å². The molecule has 4 heteroatoms. The first-order valence-electron chi connectivity index (χ1n) is 5.05. The average Bonchev–Trinajstić information content (AvgIpc) is 2.21. The average molecular weight is 219 g/mol. The SMILES string of the molecule is C=C(C)CC(Cc1ccc(F)cc1)N=[N+]=[N-]. The summed E-state index contributed by atoms with van der Waals surface area (Å²) in [7, 11) is 0. The van der Waals surface area contributed by atoms with Crippen LogP contribution in [0.25, 0.3) is 10.4 Å². The van der Waals surface area contributed by atoms with Gasteiger partial charge in [0.25, 0.3) is 0 Å². The molecule has 0 radical (unpaired) electrons. The Hall–Kier alpha value is -1.80. The Morgan fingerprint density at radius 3 is 2.62 bits per heavy atom. The fourth-order valence-corrected chi connectivity index (χ4v) is 1.52. The van der Waals surface area contributed by atoms with Crippen LogP contribution in [0.15, 0.2) is 41.5 Å². The molecule has 84 valence electrons. The Kier molecular flexibility index (Phi) is 4.55. The summed E-state index contributed by atoms with van der Waals surface area (Å²) in [6, 6.07) is 6.07. The van der Waals surface area contributed by atoms with Gasteiger partial charge in [0.2, 0.25) is 0 Å². The largest absolute Gasteiger partial charge is 0.207 e. The van der Waals surface area contributed by atoms with Crippen molar-refractivity contribution in [2.24, 2.45) is 5.11 Å². The van der Waals surface area contributed by atoms with Gasteiger partial charge in [-0.1, -0.05) is 22.8 Å². The summed E-state index contributed by atoms with van der Waals surface area (Å²) in [5, 5.41) is 3.71. The van der Waals surface area contributed by atoms with E-state index in [1.165, 1.54) is 12.1 Å². The number of azide groups is 1. The van der Waals surface area contributed by atoms with E-state index in [4.69, 9.17) is 5.53 Å². The molecule has 0 aromatic heterocycles. The zero-order valence-electron chi connectivity index (χ0n) is 9.23. The predicted molar refractivity (Wildman–Crippen MR) is 62.5 cm³/mol. The molecule has 1 aromatic rings. The molecule has 0 saturated heterocycles. The van der Waals surface area contributed by atoms with Gasteiger partial charge in [0, 0.05) is 11.0 Å². The maximum Gasteiger partial charge on any atom is 0.123 e. The van der Waals surface area contributed by atoms with Crippen LogP contribution in [0.5, 0.6) is 0 Å². The smallest absolute Gasteiger partial charge is 0.123 e. The molecule has 0 spiro atoms. The van der Waals surface area contributed by atoms with Crippen LogP contribution in [0.3, 0.4) is 0 Å². The number of benzene rings is 1. The molecule has 0 heterocycles. The van der Waals surface area contributed by atoms with Crippen molar-refractivity contribution in [3.8, 4) is 0 Å². The fraction of sp³-hybridized carbons (Fsp3) is 0.333. The summed E-state index contributed by atoms with van der Waals surface area (Å²) in [5.74, 6) is -0.260. The second-order valence-corrected chi connectivity index (χ2v) is 3.85. The predicted octanol–water partition coefficient (Wildman–Crippen LogP) is 4.01. The lowest BCUT2D eigenvalue weighted by Gasteiger charge is -2.10. The number of hydrogen-bond acceptors (Lipinski definition) is 1. The van der Waals surface area contributed by atoms with Crippen molar-refractivity contribution in [2.45, 2.75) is 25.8 Å². The van der Waals surface area contributed by atoms with Crippen LogP contribution >= 0.6 is 0 Å². The van der Waals surface area contributed by atoms with E-state index in [0.29, 0.717) is 12.8 Å². The Bertz CT molecular complexity index is 405. The summed E-state index contributed by atoms with van der Waals surface area (Å²) in [5.41, 5.74) is 10.4. The minimum Gasteiger partial charge on any atom is -0.207 e. The fourth-order valence-electron chi connectivity index (χ4n) is 1.52. The molecule has 0 aliphatic carbocycles. The first kappa shape index (κ1) is 12.3. The lowest BCUT2D eigenvalue weighted by atomic mass is 10.0. The van der Waals surface area contributed by atoms with E-state index in [1.807, 2.05) is 6.92 Å². The summed E-state index contributed by atoms with van der Waals surface area (Å²) in [4.78, 5) is 2.81. The maximum atomic E-state index is 12.7. The molecule has 1 rings (SSSR count). The topological polar surface area (TPSA) is 48.8 Å². The Morgan fingerprint density at radius 2 is 2.12 bits per heavy atom. The van der Waals surface area contributed by atoms with Crippen molar-refractivity contribution in [3.05, 3.63) is 58.2 Å². The van der Waals surface area contributed by atoms with Gasteiger partial charge < -0.3 is 0 Å². The van der Waals surface area contributed by atoms with Crippen LogP contribution in [0.4, 0.5) is 4.39 Å². The third-order valence-electron chi connectivity index (χ3n) is 2.18. The molecule has 0 saturated carbocycles. The van der Waals surface area contributed by atoms with Gasteiger partial charge in [-0.15, -0.1) is 6.58 Å². The molecule has 1 atom stereocenters. The molecule has 1 unspecified atom stereocenters. The minimum atomic E-state index is -0.260. The highest BCUT2D eigenvalue weighted by Crippen LogP contribution is 2.13. The monoisotopic (exact) mass is 219 g/mol. The van der Waals surface area contributed by atoms with Gasteiger partial charge in [-0.05, 0) is 43.0 Å². The number of rotatable bonds is 5. The maximum absolute atomic E-state index is 12.7. The first-order valence-corrected chi connectivity index (χ1v) is 5.05. The highest BCUT2D eigenvalue weighted by molar-refractivity contribution is 5.17. The molecule has 0 amide bonds. The molecule has 3 nitrogen and oxygen atoms in total. The van der Waals surface area contributed by atoms with Gasteiger partial charge >= 0.3 is 0 Å². The van der Waals surface area contributed by atoms with Gasteiger partial charge in [0.15, 0.2) is 0 Å². The van der Waals surface area contributed by atoms with E-state index in [2.05, 4.69) is 16.6 Å². The first-order chi connectivity index (χ1) is 7.61. The molecule has 16 heavy (non-hydrogen) atoms. The second-order valence-electron chi connectivity index (χ2n) is 3.85. The molecule has 0 bridgehead atoms. The van der Waals surface area contributed by atoms with E-state index >= 15 is 0 Å². The van der Waals surface area contributed by atoms with E-state index in [1.54, 1.807) is 12.1 Å². The van der Waals surface area contributed by atoms with E-state index in [9.17, 15) is 4.39 Å². The second kappa shape index (κ2) is 5.93. The zero-order chi connectivity index (χ0) is 12.0. The van der Waals surface area contributed by atoms with Crippen LogP contribution in [0.2, 0.25) is 0 Å². The number of nitrogens with zero attached hydrogens (tertiary/aromatic N) is 3. The van der Waals surface area contributed by atoms with Crippen LogP contribution in [-0.4, -0.2) is 6.04 Å².